The van der Waals surface area contributed by atoms with E-state index in [-0.39, 0.29) is 30.7 Å². The average Bonchev–Trinajstić information content (AvgIpc) is 3.03. The maximum Gasteiger partial charge on any atom is 0.261 e. The summed E-state index contributed by atoms with van der Waals surface area (Å²) in [6, 6.07) is 1.96. The van der Waals surface area contributed by atoms with E-state index in [4.69, 9.17) is 0 Å². The zero-order chi connectivity index (χ0) is 15.2. The number of fused-ring (bicyclic) bond motifs is 1. The molecule has 2 aromatic heterocycles. The van der Waals surface area contributed by atoms with Crippen LogP contribution in [0.5, 0.6) is 0 Å². The van der Waals surface area contributed by atoms with E-state index in [2.05, 4.69) is 34.4 Å². The second-order valence-corrected chi connectivity index (χ2v) is 6.70. The van der Waals surface area contributed by atoms with Crippen molar-refractivity contribution in [3.05, 3.63) is 10.9 Å². The van der Waals surface area contributed by atoms with Crippen molar-refractivity contribution in [2.45, 2.75) is 20.3 Å². The maximum absolute atomic E-state index is 12.1. The number of anilines is 1. The van der Waals surface area contributed by atoms with Crippen LogP contribution in [0, 0.1) is 0 Å². The van der Waals surface area contributed by atoms with Crippen LogP contribution in [0.15, 0.2) is 6.07 Å². The van der Waals surface area contributed by atoms with Gasteiger partial charge in [0, 0.05) is 19.6 Å². The summed E-state index contributed by atoms with van der Waals surface area (Å²) < 4.78 is 1.10. The van der Waals surface area contributed by atoms with Gasteiger partial charge in [0.1, 0.15) is 4.83 Å². The minimum atomic E-state index is 0. The van der Waals surface area contributed by atoms with Crippen molar-refractivity contribution in [2.24, 2.45) is 0 Å². The zero-order valence-electron chi connectivity index (χ0n) is 13.5. The number of thiophene rings is 1. The Morgan fingerprint density at radius 1 is 1.22 bits per heavy atom. The van der Waals surface area contributed by atoms with Crippen LogP contribution in [-0.4, -0.2) is 44.1 Å². The lowest BCUT2D eigenvalue weighted by molar-refractivity contribution is 0.0957. The molecular weight excluding hydrogens is 375 g/mol. The van der Waals surface area contributed by atoms with Crippen LogP contribution in [0.3, 0.4) is 0 Å². The molecule has 9 heteroatoms. The Morgan fingerprint density at radius 2 is 1.91 bits per heavy atom. The number of thiazole rings is 1. The van der Waals surface area contributed by atoms with Crippen molar-refractivity contribution < 1.29 is 4.79 Å². The van der Waals surface area contributed by atoms with Crippen molar-refractivity contribution in [1.82, 2.24) is 15.6 Å². The molecule has 0 saturated carbocycles. The van der Waals surface area contributed by atoms with Crippen LogP contribution in [0.1, 0.15) is 29.9 Å². The lowest BCUT2D eigenvalue weighted by atomic mass is 10.4. The fourth-order valence-corrected chi connectivity index (χ4v) is 4.27. The van der Waals surface area contributed by atoms with Gasteiger partial charge in [-0.05, 0) is 39.9 Å². The number of halogens is 2. The Bertz CT molecular complexity index is 567. The molecule has 5 nitrogen and oxygen atoms in total. The summed E-state index contributed by atoms with van der Waals surface area (Å²) in [7, 11) is 1.91. The van der Waals surface area contributed by atoms with E-state index >= 15 is 0 Å². The topological polar surface area (TPSA) is 57.3 Å². The smallest absolute Gasteiger partial charge is 0.261 e. The summed E-state index contributed by atoms with van der Waals surface area (Å²) in [6.45, 7) is 7.77. The lowest BCUT2D eigenvalue weighted by Gasteiger charge is -2.16. The zero-order valence-corrected chi connectivity index (χ0v) is 16.8. The summed E-state index contributed by atoms with van der Waals surface area (Å²) in [5.41, 5.74) is 0. The van der Waals surface area contributed by atoms with Crippen LogP contribution in [0.4, 0.5) is 5.13 Å². The van der Waals surface area contributed by atoms with Crippen molar-refractivity contribution in [3.8, 4) is 0 Å². The highest BCUT2D eigenvalue weighted by atomic mass is 35.5. The highest BCUT2D eigenvalue weighted by Gasteiger charge is 2.15. The molecule has 2 aromatic rings. The van der Waals surface area contributed by atoms with Gasteiger partial charge in [-0.3, -0.25) is 4.79 Å². The predicted octanol–water partition coefficient (Wildman–Crippen LogP) is 3.39. The Hall–Kier alpha value is -0.600. The van der Waals surface area contributed by atoms with Gasteiger partial charge in [0.15, 0.2) is 5.13 Å². The number of carbonyl (C=O) groups excluding carboxylic acids is 1. The largest absolute Gasteiger partial charge is 0.351 e. The molecule has 1 amide bonds. The van der Waals surface area contributed by atoms with Gasteiger partial charge in [0.25, 0.3) is 5.91 Å². The van der Waals surface area contributed by atoms with Crippen LogP contribution >= 0.6 is 47.5 Å². The van der Waals surface area contributed by atoms with E-state index in [0.717, 1.165) is 45.6 Å². The fourth-order valence-electron chi connectivity index (χ4n) is 2.02. The van der Waals surface area contributed by atoms with Gasteiger partial charge in [-0.15, -0.1) is 36.2 Å². The summed E-state index contributed by atoms with van der Waals surface area (Å²) in [5, 5.41) is 7.05. The standard InChI is InChI=1S/C14H22N4OS2.2ClH/c1-4-18(5-2)14-17-13-11(21-14)9-10(20-13)12(19)16-8-6-7-15-3;;/h9,15H,4-8H2,1-3H3,(H,16,19);2*1H. The van der Waals surface area contributed by atoms with Gasteiger partial charge < -0.3 is 15.5 Å². The molecule has 0 aliphatic rings. The van der Waals surface area contributed by atoms with Crippen LogP contribution in [-0.2, 0) is 0 Å². The van der Waals surface area contributed by atoms with Gasteiger partial charge in [0.2, 0.25) is 0 Å². The molecule has 0 aliphatic heterocycles. The molecule has 2 N–H and O–H groups in total. The molecular formula is C14H24Cl2N4OS2. The number of hydrogen-bond donors (Lipinski definition) is 2. The molecule has 0 saturated heterocycles. The number of nitrogens with one attached hydrogen (secondary N) is 2. The van der Waals surface area contributed by atoms with Gasteiger partial charge in [0.05, 0.1) is 9.58 Å². The van der Waals surface area contributed by atoms with Crippen LogP contribution in [0.25, 0.3) is 9.53 Å². The molecule has 0 fully saturated rings. The quantitative estimate of drug-likeness (QED) is 0.669. The first-order chi connectivity index (χ1) is 10.2. The van der Waals surface area contributed by atoms with E-state index in [9.17, 15) is 4.79 Å². The third-order valence-corrected chi connectivity index (χ3v) is 5.44. The maximum atomic E-state index is 12.1. The molecule has 0 bridgehead atoms. The Morgan fingerprint density at radius 3 is 2.48 bits per heavy atom. The number of nitrogens with zero attached hydrogens (tertiary/aromatic N) is 2. The van der Waals surface area contributed by atoms with Gasteiger partial charge in [-0.2, -0.15) is 0 Å². The lowest BCUT2D eigenvalue weighted by Crippen LogP contribution is -2.25. The number of aromatic nitrogens is 1. The van der Waals surface area contributed by atoms with E-state index in [1.807, 2.05) is 13.1 Å². The van der Waals surface area contributed by atoms with Crippen molar-refractivity contribution in [2.75, 3.05) is 38.1 Å². The Balaban J connectivity index is 0.00000242. The minimum Gasteiger partial charge on any atom is -0.351 e. The summed E-state index contributed by atoms with van der Waals surface area (Å²) in [6.07, 6.45) is 0.937. The number of carbonyl (C=O) groups is 1. The van der Waals surface area contributed by atoms with Gasteiger partial charge in [-0.25, -0.2) is 4.98 Å². The van der Waals surface area contributed by atoms with Crippen LogP contribution in [0.2, 0.25) is 0 Å². The fraction of sp³-hybridized carbons (Fsp3) is 0.571. The van der Waals surface area contributed by atoms with Crippen molar-refractivity contribution >= 4 is 68.1 Å². The summed E-state index contributed by atoms with van der Waals surface area (Å²) >= 11 is 3.13. The van der Waals surface area contributed by atoms with Gasteiger partial charge in [-0.1, -0.05) is 11.3 Å². The molecule has 2 rings (SSSR count). The Kier molecular flexibility index (Phi) is 10.8. The normalized spacial score (nSPS) is 10.0. The molecule has 0 radical (unpaired) electrons. The summed E-state index contributed by atoms with van der Waals surface area (Å²) in [5.74, 6) is 0.00527. The van der Waals surface area contributed by atoms with E-state index in [1.54, 1.807) is 11.3 Å². The third kappa shape index (κ3) is 5.76. The van der Waals surface area contributed by atoms with Crippen LogP contribution < -0.4 is 15.5 Å². The summed E-state index contributed by atoms with van der Waals surface area (Å²) in [4.78, 5) is 20.6. The molecule has 0 unspecified atom stereocenters. The monoisotopic (exact) mass is 398 g/mol. The predicted molar refractivity (Wildman–Crippen MR) is 106 cm³/mol. The van der Waals surface area contributed by atoms with E-state index < -0.39 is 0 Å². The number of hydrogen-bond acceptors (Lipinski definition) is 6. The minimum absolute atomic E-state index is 0. The van der Waals surface area contributed by atoms with E-state index in [0.29, 0.717) is 6.54 Å². The SMILES string of the molecule is CCN(CC)c1nc2sc(C(=O)NCCCNC)cc2s1.Cl.Cl. The third-order valence-electron chi connectivity index (χ3n) is 3.22. The molecule has 0 spiro atoms. The molecule has 23 heavy (non-hydrogen) atoms. The molecule has 2 heterocycles. The highest BCUT2D eigenvalue weighted by Crippen LogP contribution is 2.34. The Labute approximate surface area is 157 Å². The first-order valence-electron chi connectivity index (χ1n) is 7.27. The number of amides is 1. The second-order valence-electron chi connectivity index (χ2n) is 4.66. The first-order valence-corrected chi connectivity index (χ1v) is 8.91. The molecule has 0 aromatic carbocycles. The van der Waals surface area contributed by atoms with Gasteiger partial charge >= 0.3 is 0 Å². The first kappa shape index (κ1) is 22.4. The number of rotatable bonds is 8. The van der Waals surface area contributed by atoms with Crippen molar-refractivity contribution in [3.63, 3.8) is 0 Å². The van der Waals surface area contributed by atoms with E-state index in [1.165, 1.54) is 11.3 Å². The molecule has 0 aliphatic carbocycles. The molecule has 132 valence electrons. The average molecular weight is 399 g/mol. The highest BCUT2D eigenvalue weighted by molar-refractivity contribution is 7.29. The van der Waals surface area contributed by atoms with Crippen molar-refractivity contribution in [1.29, 1.82) is 0 Å². The second kappa shape index (κ2) is 11.0. The molecule has 0 atom stereocenters.